The van der Waals surface area contributed by atoms with Crippen molar-refractivity contribution in [2.45, 2.75) is 40.8 Å². The summed E-state index contributed by atoms with van der Waals surface area (Å²) in [5.74, 6) is 1.57. The molecule has 2 aromatic heterocycles. The highest BCUT2D eigenvalue weighted by atomic mass is 16.5. The quantitative estimate of drug-likeness (QED) is 0.661. The van der Waals surface area contributed by atoms with Crippen molar-refractivity contribution in [3.05, 3.63) is 34.0 Å². The second-order valence-corrected chi connectivity index (χ2v) is 5.36. The van der Waals surface area contributed by atoms with Crippen LogP contribution in [-0.4, -0.2) is 27.9 Å². The fraction of sp³-hybridized carbons (Fsp3) is 0.533. The van der Waals surface area contributed by atoms with Gasteiger partial charge in [0.15, 0.2) is 5.96 Å². The molecule has 0 aliphatic rings. The van der Waals surface area contributed by atoms with Gasteiger partial charge in [-0.05, 0) is 27.7 Å². The summed E-state index contributed by atoms with van der Waals surface area (Å²) < 4.78 is 7.06. The molecule has 0 saturated carbocycles. The zero-order valence-corrected chi connectivity index (χ0v) is 14.1. The molecule has 0 aromatic carbocycles. The summed E-state index contributed by atoms with van der Waals surface area (Å²) >= 11 is 0. The van der Waals surface area contributed by atoms with Gasteiger partial charge in [0, 0.05) is 44.0 Å². The number of nitrogens with one attached hydrogen (secondary N) is 2. The molecule has 0 radical (unpaired) electrons. The number of aromatic nitrogens is 3. The zero-order chi connectivity index (χ0) is 16.3. The van der Waals surface area contributed by atoms with Crippen molar-refractivity contribution in [1.82, 2.24) is 25.6 Å². The zero-order valence-electron chi connectivity index (χ0n) is 14.1. The molecule has 0 unspecified atom stereocenters. The van der Waals surface area contributed by atoms with E-state index < -0.39 is 0 Å². The van der Waals surface area contributed by atoms with E-state index in [0.29, 0.717) is 13.1 Å². The number of aliphatic imine (C=N–C) groups is 1. The fourth-order valence-corrected chi connectivity index (χ4v) is 2.39. The fourth-order valence-electron chi connectivity index (χ4n) is 2.39. The number of nitrogens with zero attached hydrogens (tertiary/aromatic N) is 4. The lowest BCUT2D eigenvalue weighted by atomic mass is 10.2. The maximum absolute atomic E-state index is 5.16. The Morgan fingerprint density at radius 2 is 1.73 bits per heavy atom. The van der Waals surface area contributed by atoms with Crippen molar-refractivity contribution in [2.75, 3.05) is 7.05 Å². The van der Waals surface area contributed by atoms with Gasteiger partial charge in [0.2, 0.25) is 0 Å². The Balaban J connectivity index is 1.96. The maximum Gasteiger partial charge on any atom is 0.191 e. The molecule has 0 aliphatic carbocycles. The van der Waals surface area contributed by atoms with E-state index >= 15 is 0 Å². The van der Waals surface area contributed by atoms with E-state index in [2.05, 4.69) is 32.8 Å². The van der Waals surface area contributed by atoms with Gasteiger partial charge in [-0.15, -0.1) is 0 Å². The standard InChI is InChI=1S/C15H24N6O/c1-9-13(11(3)21(6)19-9)7-17-15(16-5)18-8-14-10(2)20-22-12(14)4/h7-8H2,1-6H3,(H2,16,17,18). The minimum absolute atomic E-state index is 0.631. The van der Waals surface area contributed by atoms with Crippen LogP contribution in [0.25, 0.3) is 0 Å². The summed E-state index contributed by atoms with van der Waals surface area (Å²) in [5.41, 5.74) is 5.36. The van der Waals surface area contributed by atoms with Crippen molar-refractivity contribution < 1.29 is 4.52 Å². The van der Waals surface area contributed by atoms with E-state index in [-0.39, 0.29) is 0 Å². The van der Waals surface area contributed by atoms with Crippen molar-refractivity contribution in [3.63, 3.8) is 0 Å². The first-order chi connectivity index (χ1) is 10.4. The third-order valence-electron chi connectivity index (χ3n) is 3.93. The molecule has 2 aromatic rings. The Hall–Kier alpha value is -2.31. The summed E-state index contributed by atoms with van der Waals surface area (Å²) in [5, 5.41) is 15.0. The van der Waals surface area contributed by atoms with Gasteiger partial charge in [-0.2, -0.15) is 5.10 Å². The average molecular weight is 304 g/mol. The second kappa shape index (κ2) is 6.64. The summed E-state index contributed by atoms with van der Waals surface area (Å²) in [6.07, 6.45) is 0. The Kier molecular flexibility index (Phi) is 4.85. The molecule has 120 valence electrons. The van der Waals surface area contributed by atoms with Crippen LogP contribution >= 0.6 is 0 Å². The average Bonchev–Trinajstić information content (AvgIpc) is 2.92. The van der Waals surface area contributed by atoms with Gasteiger partial charge in [0.1, 0.15) is 5.76 Å². The van der Waals surface area contributed by atoms with Crippen molar-refractivity contribution >= 4 is 5.96 Å². The monoisotopic (exact) mass is 304 g/mol. The lowest BCUT2D eigenvalue weighted by Gasteiger charge is -2.12. The highest BCUT2D eigenvalue weighted by Gasteiger charge is 2.11. The Labute approximate surface area is 130 Å². The molecule has 2 N–H and O–H groups in total. The number of aryl methyl sites for hydroxylation is 4. The number of rotatable bonds is 4. The molecule has 0 saturated heterocycles. The maximum atomic E-state index is 5.16. The molecule has 22 heavy (non-hydrogen) atoms. The normalized spacial score (nSPS) is 11.8. The SMILES string of the molecule is CN=C(NCc1c(C)noc1C)NCc1c(C)nn(C)c1C. The van der Waals surface area contributed by atoms with Crippen LogP contribution in [0, 0.1) is 27.7 Å². The van der Waals surface area contributed by atoms with Crippen LogP contribution in [0.15, 0.2) is 9.52 Å². The molecule has 0 amide bonds. The third kappa shape index (κ3) is 3.29. The Morgan fingerprint density at radius 3 is 2.18 bits per heavy atom. The van der Waals surface area contributed by atoms with E-state index in [0.717, 1.165) is 34.4 Å². The van der Waals surface area contributed by atoms with E-state index in [1.807, 2.05) is 32.5 Å². The van der Waals surface area contributed by atoms with Gasteiger partial charge in [0.25, 0.3) is 0 Å². The smallest absolute Gasteiger partial charge is 0.191 e. The summed E-state index contributed by atoms with van der Waals surface area (Å²) in [4.78, 5) is 4.24. The van der Waals surface area contributed by atoms with Crippen LogP contribution in [0.2, 0.25) is 0 Å². The molecule has 0 bridgehead atoms. The van der Waals surface area contributed by atoms with Crippen molar-refractivity contribution in [3.8, 4) is 0 Å². The molecule has 0 fully saturated rings. The van der Waals surface area contributed by atoms with Crippen molar-refractivity contribution in [2.24, 2.45) is 12.0 Å². The largest absolute Gasteiger partial charge is 0.361 e. The molecule has 7 heteroatoms. The van der Waals surface area contributed by atoms with Gasteiger partial charge in [-0.25, -0.2) is 0 Å². The van der Waals surface area contributed by atoms with Crippen molar-refractivity contribution in [1.29, 1.82) is 0 Å². The Morgan fingerprint density at radius 1 is 1.09 bits per heavy atom. The summed E-state index contributed by atoms with van der Waals surface area (Å²) in [6, 6.07) is 0. The summed E-state index contributed by atoms with van der Waals surface area (Å²) in [7, 11) is 3.71. The van der Waals surface area contributed by atoms with Gasteiger partial charge in [0.05, 0.1) is 11.4 Å². The molecular weight excluding hydrogens is 280 g/mol. The minimum atomic E-state index is 0.631. The van der Waals surface area contributed by atoms with Crippen LogP contribution in [0.5, 0.6) is 0 Å². The number of hydrogen-bond donors (Lipinski definition) is 2. The van der Waals surface area contributed by atoms with E-state index in [1.165, 1.54) is 5.56 Å². The number of guanidine groups is 1. The van der Waals surface area contributed by atoms with Gasteiger partial charge >= 0.3 is 0 Å². The van der Waals surface area contributed by atoms with Crippen LogP contribution < -0.4 is 10.6 Å². The highest BCUT2D eigenvalue weighted by molar-refractivity contribution is 5.79. The first-order valence-corrected chi connectivity index (χ1v) is 7.29. The predicted octanol–water partition coefficient (Wildman–Crippen LogP) is 1.51. The van der Waals surface area contributed by atoms with E-state index in [4.69, 9.17) is 4.52 Å². The van der Waals surface area contributed by atoms with Crippen LogP contribution in [0.1, 0.15) is 34.0 Å². The minimum Gasteiger partial charge on any atom is -0.361 e. The van der Waals surface area contributed by atoms with Gasteiger partial charge in [-0.3, -0.25) is 9.67 Å². The molecule has 2 rings (SSSR count). The van der Waals surface area contributed by atoms with Crippen LogP contribution in [0.4, 0.5) is 0 Å². The number of hydrogen-bond acceptors (Lipinski definition) is 4. The van der Waals surface area contributed by atoms with E-state index in [1.54, 1.807) is 7.05 Å². The molecule has 0 aliphatic heterocycles. The Bertz CT molecular complexity index is 663. The molecule has 2 heterocycles. The highest BCUT2D eigenvalue weighted by Crippen LogP contribution is 2.12. The van der Waals surface area contributed by atoms with Gasteiger partial charge in [-0.1, -0.05) is 5.16 Å². The van der Waals surface area contributed by atoms with E-state index in [9.17, 15) is 0 Å². The van der Waals surface area contributed by atoms with Crippen LogP contribution in [-0.2, 0) is 20.1 Å². The van der Waals surface area contributed by atoms with Crippen LogP contribution in [0.3, 0.4) is 0 Å². The second-order valence-electron chi connectivity index (χ2n) is 5.36. The topological polar surface area (TPSA) is 80.3 Å². The lowest BCUT2D eigenvalue weighted by Crippen LogP contribution is -2.36. The predicted molar refractivity (Wildman–Crippen MR) is 85.7 cm³/mol. The third-order valence-corrected chi connectivity index (χ3v) is 3.93. The molecule has 0 spiro atoms. The lowest BCUT2D eigenvalue weighted by molar-refractivity contribution is 0.392. The molecular formula is C15H24N6O. The first-order valence-electron chi connectivity index (χ1n) is 7.29. The molecule has 7 nitrogen and oxygen atoms in total. The van der Waals surface area contributed by atoms with Gasteiger partial charge < -0.3 is 15.2 Å². The summed E-state index contributed by atoms with van der Waals surface area (Å²) in [6.45, 7) is 9.25. The molecule has 0 atom stereocenters. The first kappa shape index (κ1) is 16.1.